The molecule has 0 unspecified atom stereocenters. The van der Waals surface area contributed by atoms with Crippen molar-refractivity contribution in [3.63, 3.8) is 0 Å². The molecule has 3 aliphatic rings. The molecule has 2 amide bonds. The van der Waals surface area contributed by atoms with Crippen LogP contribution in [0.3, 0.4) is 0 Å². The van der Waals surface area contributed by atoms with Gasteiger partial charge in [0.05, 0.1) is 17.5 Å². The summed E-state index contributed by atoms with van der Waals surface area (Å²) in [7, 11) is -0.991. The van der Waals surface area contributed by atoms with E-state index >= 15 is 0 Å². The summed E-state index contributed by atoms with van der Waals surface area (Å²) >= 11 is 0. The lowest BCUT2D eigenvalue weighted by molar-refractivity contribution is -0.145. The van der Waals surface area contributed by atoms with E-state index in [-0.39, 0.29) is 36.0 Å². The lowest BCUT2D eigenvalue weighted by atomic mass is 9.82. The number of rotatable bonds is 7. The van der Waals surface area contributed by atoms with E-state index in [1.807, 2.05) is 38.2 Å². The summed E-state index contributed by atoms with van der Waals surface area (Å²) in [5.74, 6) is -0.313. The second kappa shape index (κ2) is 8.51. The van der Waals surface area contributed by atoms with Crippen LogP contribution < -0.4 is 9.80 Å². The predicted octanol–water partition coefficient (Wildman–Crippen LogP) is 1.41. The molecule has 4 heterocycles. The molecule has 1 aromatic heterocycles. The van der Waals surface area contributed by atoms with Gasteiger partial charge in [0.15, 0.2) is 13.9 Å². The van der Waals surface area contributed by atoms with Crippen molar-refractivity contribution < 1.29 is 24.2 Å². The van der Waals surface area contributed by atoms with Crippen LogP contribution in [0.1, 0.15) is 31.0 Å². The third-order valence-electron chi connectivity index (χ3n) is 7.86. The SMILES string of the molecule is C[C@H]1[C@H]([Si](C)(C)O)[C@@H](CCn2cc(CCO)nn2)O[C@]12C(=O)N(C)c1ccc(N3CCC3=O)cc12. The van der Waals surface area contributed by atoms with Crippen LogP contribution in [0, 0.1) is 5.92 Å². The highest BCUT2D eigenvalue weighted by molar-refractivity contribution is 6.71. The zero-order chi connectivity index (χ0) is 25.1. The number of likely N-dealkylation sites (N-methyl/N-ethyl adjacent to an activating group) is 1. The summed E-state index contributed by atoms with van der Waals surface area (Å²) in [6.07, 6.45) is 3.00. The molecule has 1 aromatic carbocycles. The number of benzene rings is 1. The van der Waals surface area contributed by atoms with E-state index in [4.69, 9.17) is 9.84 Å². The Labute approximate surface area is 205 Å². The molecule has 0 radical (unpaired) electrons. The van der Waals surface area contributed by atoms with Crippen molar-refractivity contribution in [2.24, 2.45) is 5.92 Å². The van der Waals surface area contributed by atoms with Gasteiger partial charge in [-0.3, -0.25) is 14.3 Å². The van der Waals surface area contributed by atoms with Gasteiger partial charge in [-0.1, -0.05) is 12.1 Å². The van der Waals surface area contributed by atoms with Crippen molar-refractivity contribution in [1.82, 2.24) is 15.0 Å². The summed E-state index contributed by atoms with van der Waals surface area (Å²) < 4.78 is 8.46. The van der Waals surface area contributed by atoms with Crippen LogP contribution >= 0.6 is 0 Å². The second-order valence-electron chi connectivity index (χ2n) is 10.5. The Bertz CT molecular complexity index is 1160. The standard InChI is InChI=1S/C24H33N5O5Si/c1-15-22(35(3,4)33)20(7-10-28-14-16(9-12-30)25-26-28)34-24(15)18-13-17(29-11-8-21(29)31)5-6-19(18)27(2)23(24)32/h5-6,13-15,20,22,30,33H,7-12H2,1-4H3/t15-,20+,22-,24+/m0/s1. The van der Waals surface area contributed by atoms with Gasteiger partial charge in [0.2, 0.25) is 5.91 Å². The van der Waals surface area contributed by atoms with E-state index < -0.39 is 13.9 Å². The Balaban J connectivity index is 1.50. The molecule has 0 aliphatic carbocycles. The summed E-state index contributed by atoms with van der Waals surface area (Å²) in [6.45, 7) is 7.01. The molecular weight excluding hydrogens is 466 g/mol. The van der Waals surface area contributed by atoms with Crippen LogP contribution in [-0.2, 0) is 32.9 Å². The Morgan fingerprint density at radius 2 is 2.06 bits per heavy atom. The van der Waals surface area contributed by atoms with Crippen molar-refractivity contribution in [3.05, 3.63) is 35.7 Å². The van der Waals surface area contributed by atoms with Gasteiger partial charge in [-0.25, -0.2) is 0 Å². The van der Waals surface area contributed by atoms with Crippen molar-refractivity contribution >= 4 is 31.5 Å². The van der Waals surface area contributed by atoms with E-state index in [2.05, 4.69) is 10.3 Å². The molecule has 0 saturated carbocycles. The highest BCUT2D eigenvalue weighted by Crippen LogP contribution is 2.59. The molecule has 188 valence electrons. The Morgan fingerprint density at radius 1 is 1.29 bits per heavy atom. The van der Waals surface area contributed by atoms with E-state index in [0.717, 1.165) is 16.9 Å². The Hall–Kier alpha value is -2.60. The molecule has 0 bridgehead atoms. The first-order chi connectivity index (χ1) is 16.6. The van der Waals surface area contributed by atoms with Gasteiger partial charge in [-0.15, -0.1) is 5.10 Å². The zero-order valence-corrected chi connectivity index (χ0v) is 21.6. The van der Waals surface area contributed by atoms with Crippen LogP contribution in [-0.4, -0.2) is 71.3 Å². The fourth-order valence-electron chi connectivity index (χ4n) is 6.13. The van der Waals surface area contributed by atoms with Gasteiger partial charge < -0.3 is 24.4 Å². The fraction of sp³-hybridized carbons (Fsp3) is 0.583. The number of anilines is 2. The molecule has 2 fully saturated rings. The number of ether oxygens (including phenoxy) is 1. The highest BCUT2D eigenvalue weighted by Gasteiger charge is 2.65. The number of carbonyl (C=O) groups is 2. The maximum Gasteiger partial charge on any atom is 0.264 e. The molecule has 2 N–H and O–H groups in total. The molecular formula is C24H33N5O5Si. The molecule has 10 nitrogen and oxygen atoms in total. The number of hydrogen-bond acceptors (Lipinski definition) is 7. The molecule has 1 spiro atoms. The number of amides is 2. The number of aliphatic hydroxyl groups is 1. The summed E-state index contributed by atoms with van der Waals surface area (Å²) in [4.78, 5) is 40.6. The van der Waals surface area contributed by atoms with E-state index in [1.165, 1.54) is 0 Å². The molecule has 4 atom stereocenters. The molecule has 11 heteroatoms. The quantitative estimate of drug-likeness (QED) is 0.436. The minimum atomic E-state index is -2.74. The largest absolute Gasteiger partial charge is 0.432 e. The van der Waals surface area contributed by atoms with E-state index in [9.17, 15) is 14.4 Å². The molecule has 2 saturated heterocycles. The van der Waals surface area contributed by atoms with Gasteiger partial charge in [-0.2, -0.15) is 0 Å². The van der Waals surface area contributed by atoms with Crippen molar-refractivity contribution in [3.8, 4) is 0 Å². The van der Waals surface area contributed by atoms with Crippen molar-refractivity contribution in [2.45, 2.75) is 63.1 Å². The van der Waals surface area contributed by atoms with Crippen molar-refractivity contribution in [1.29, 1.82) is 0 Å². The Kier molecular flexibility index (Phi) is 5.86. The van der Waals surface area contributed by atoms with Gasteiger partial charge in [0, 0.05) is 68.5 Å². The van der Waals surface area contributed by atoms with Crippen LogP contribution in [0.2, 0.25) is 18.6 Å². The predicted molar refractivity (Wildman–Crippen MR) is 131 cm³/mol. The van der Waals surface area contributed by atoms with Crippen LogP contribution in [0.4, 0.5) is 11.4 Å². The molecule has 5 rings (SSSR count). The normalized spacial score (nSPS) is 28.2. The summed E-state index contributed by atoms with van der Waals surface area (Å²) in [5, 5.41) is 17.4. The minimum absolute atomic E-state index is 0.0108. The van der Waals surface area contributed by atoms with Crippen LogP contribution in [0.5, 0.6) is 0 Å². The highest BCUT2D eigenvalue weighted by atomic mass is 28.4. The maximum absolute atomic E-state index is 13.8. The number of fused-ring (bicyclic) bond motifs is 2. The minimum Gasteiger partial charge on any atom is -0.432 e. The molecule has 35 heavy (non-hydrogen) atoms. The second-order valence-corrected chi connectivity index (χ2v) is 14.4. The number of β-lactam (4-membered cyclic amide) rings is 1. The maximum atomic E-state index is 13.8. The number of aromatic nitrogens is 3. The van der Waals surface area contributed by atoms with Gasteiger partial charge in [0.1, 0.15) is 0 Å². The number of nitrogens with zero attached hydrogens (tertiary/aromatic N) is 5. The third-order valence-corrected chi connectivity index (χ3v) is 10.4. The first-order valence-electron chi connectivity index (χ1n) is 12.2. The summed E-state index contributed by atoms with van der Waals surface area (Å²) in [6, 6.07) is 5.70. The first-order valence-corrected chi connectivity index (χ1v) is 15.2. The van der Waals surface area contributed by atoms with E-state index in [0.29, 0.717) is 38.0 Å². The average molecular weight is 500 g/mol. The van der Waals surface area contributed by atoms with Gasteiger partial charge >= 0.3 is 0 Å². The lowest BCUT2D eigenvalue weighted by Crippen LogP contribution is -2.45. The number of hydrogen-bond donors (Lipinski definition) is 2. The van der Waals surface area contributed by atoms with Crippen molar-refractivity contribution in [2.75, 3.05) is 30.0 Å². The summed E-state index contributed by atoms with van der Waals surface area (Å²) in [5.41, 5.74) is 1.65. The number of aliphatic hydroxyl groups excluding tert-OH is 1. The van der Waals surface area contributed by atoms with Crippen LogP contribution in [0.15, 0.2) is 24.4 Å². The molecule has 2 aromatic rings. The third kappa shape index (κ3) is 3.72. The average Bonchev–Trinajstić information content (AvgIpc) is 3.42. The smallest absolute Gasteiger partial charge is 0.264 e. The van der Waals surface area contributed by atoms with Crippen LogP contribution in [0.25, 0.3) is 0 Å². The van der Waals surface area contributed by atoms with Gasteiger partial charge in [-0.05, 0) is 37.7 Å². The Morgan fingerprint density at radius 3 is 2.69 bits per heavy atom. The van der Waals surface area contributed by atoms with E-state index in [1.54, 1.807) is 27.7 Å². The van der Waals surface area contributed by atoms with Gasteiger partial charge in [0.25, 0.3) is 5.91 Å². The fourth-order valence-corrected chi connectivity index (χ4v) is 8.74. The lowest BCUT2D eigenvalue weighted by Gasteiger charge is -2.33. The monoisotopic (exact) mass is 499 g/mol. The number of carbonyl (C=O) groups excluding carboxylic acids is 2. The number of aryl methyl sites for hydroxylation is 1. The topological polar surface area (TPSA) is 121 Å². The molecule has 3 aliphatic heterocycles. The first kappa shape index (κ1) is 24.1. The zero-order valence-electron chi connectivity index (χ0n) is 20.6.